The van der Waals surface area contributed by atoms with Crippen LogP contribution in [-0.2, 0) is 21.2 Å². The molecule has 118 valence electrons. The van der Waals surface area contributed by atoms with Crippen molar-refractivity contribution in [2.24, 2.45) is 5.92 Å². The summed E-state index contributed by atoms with van der Waals surface area (Å²) < 4.78 is 24.4. The molecule has 1 amide bonds. The molecule has 1 unspecified atom stereocenters. The van der Waals surface area contributed by atoms with Crippen molar-refractivity contribution >= 4 is 15.7 Å². The molecule has 1 rings (SSSR count). The molecule has 21 heavy (non-hydrogen) atoms. The highest BCUT2D eigenvalue weighted by molar-refractivity contribution is 7.92. The molecule has 0 radical (unpaired) electrons. The van der Waals surface area contributed by atoms with E-state index in [1.807, 2.05) is 44.2 Å². The van der Waals surface area contributed by atoms with Gasteiger partial charge in [0, 0.05) is 13.6 Å². The molecule has 0 aromatic heterocycles. The molecule has 1 aromatic carbocycles. The Morgan fingerprint density at radius 2 is 1.71 bits per heavy atom. The molecule has 0 N–H and O–H groups in total. The first-order chi connectivity index (χ1) is 9.74. The Morgan fingerprint density at radius 3 is 2.24 bits per heavy atom. The van der Waals surface area contributed by atoms with Gasteiger partial charge in [-0.2, -0.15) is 0 Å². The highest BCUT2D eigenvalue weighted by Gasteiger charge is 2.30. The Hall–Kier alpha value is -1.36. The Balaban J connectivity index is 2.68. The van der Waals surface area contributed by atoms with E-state index in [-0.39, 0.29) is 11.7 Å². The molecule has 0 bridgehead atoms. The van der Waals surface area contributed by atoms with Crippen LogP contribution in [0.25, 0.3) is 0 Å². The first-order valence-corrected chi connectivity index (χ1v) is 8.96. The summed E-state index contributed by atoms with van der Waals surface area (Å²) in [5, 5.41) is -0.982. The molecule has 5 heteroatoms. The summed E-state index contributed by atoms with van der Waals surface area (Å²) in [6, 6.07) is 9.54. The molecular formula is C16H25NO3S. The monoisotopic (exact) mass is 311 g/mol. The van der Waals surface area contributed by atoms with Gasteiger partial charge in [-0.05, 0) is 24.8 Å². The fourth-order valence-corrected chi connectivity index (χ4v) is 3.62. The van der Waals surface area contributed by atoms with Crippen LogP contribution >= 0.6 is 0 Å². The zero-order chi connectivity index (χ0) is 16.0. The summed E-state index contributed by atoms with van der Waals surface area (Å²) in [6.45, 7) is 5.86. The number of carbonyl (C=O) groups is 1. The third-order valence-corrected chi connectivity index (χ3v) is 5.59. The lowest BCUT2D eigenvalue weighted by atomic mass is 10.2. The number of hydrogen-bond acceptors (Lipinski definition) is 3. The minimum atomic E-state index is -3.38. The van der Waals surface area contributed by atoms with Crippen LogP contribution in [-0.4, -0.2) is 37.3 Å². The Kier molecular flexibility index (Phi) is 6.40. The predicted molar refractivity (Wildman–Crippen MR) is 85.6 cm³/mol. The molecule has 0 fully saturated rings. The molecule has 0 aliphatic rings. The number of benzene rings is 1. The quantitative estimate of drug-likeness (QED) is 0.777. The number of rotatable bonds is 7. The maximum absolute atomic E-state index is 12.3. The highest BCUT2D eigenvalue weighted by atomic mass is 32.2. The fraction of sp³-hybridized carbons (Fsp3) is 0.562. The van der Waals surface area contributed by atoms with Crippen molar-refractivity contribution in [2.75, 3.05) is 12.8 Å². The van der Waals surface area contributed by atoms with Crippen LogP contribution in [0.1, 0.15) is 32.8 Å². The molecule has 0 aliphatic heterocycles. The lowest BCUT2D eigenvalue weighted by molar-refractivity contribution is -0.129. The van der Waals surface area contributed by atoms with Crippen LogP contribution in [0.15, 0.2) is 30.3 Å². The van der Waals surface area contributed by atoms with Gasteiger partial charge in [0.1, 0.15) is 5.25 Å². The van der Waals surface area contributed by atoms with Gasteiger partial charge >= 0.3 is 0 Å². The standard InChI is InChI=1S/C16H25NO3S/c1-13(2)10-11-21(19,20)14(3)16(18)17(4)12-15-8-6-5-7-9-15/h5-9,13-14H,10-12H2,1-4H3. The first-order valence-electron chi connectivity index (χ1n) is 7.24. The van der Waals surface area contributed by atoms with Gasteiger partial charge in [-0.15, -0.1) is 0 Å². The Morgan fingerprint density at radius 1 is 1.14 bits per heavy atom. The third kappa shape index (κ3) is 5.50. The van der Waals surface area contributed by atoms with Gasteiger partial charge < -0.3 is 4.90 Å². The smallest absolute Gasteiger partial charge is 0.240 e. The maximum atomic E-state index is 12.3. The van der Waals surface area contributed by atoms with E-state index in [1.165, 1.54) is 11.8 Å². The second-order valence-electron chi connectivity index (χ2n) is 5.87. The molecule has 0 spiro atoms. The van der Waals surface area contributed by atoms with Gasteiger partial charge in [0.25, 0.3) is 0 Å². The summed E-state index contributed by atoms with van der Waals surface area (Å²) in [5.41, 5.74) is 0.986. The summed E-state index contributed by atoms with van der Waals surface area (Å²) >= 11 is 0. The van der Waals surface area contributed by atoms with E-state index in [9.17, 15) is 13.2 Å². The maximum Gasteiger partial charge on any atom is 0.240 e. The van der Waals surface area contributed by atoms with Crippen molar-refractivity contribution in [3.8, 4) is 0 Å². The van der Waals surface area contributed by atoms with Crippen molar-refractivity contribution in [2.45, 2.75) is 39.0 Å². The fourth-order valence-electron chi connectivity index (χ4n) is 1.98. The lowest BCUT2D eigenvalue weighted by Gasteiger charge is -2.22. The van der Waals surface area contributed by atoms with E-state index >= 15 is 0 Å². The van der Waals surface area contributed by atoms with Gasteiger partial charge in [-0.25, -0.2) is 8.42 Å². The zero-order valence-corrected chi connectivity index (χ0v) is 14.1. The van der Waals surface area contributed by atoms with Crippen LogP contribution in [0.2, 0.25) is 0 Å². The number of sulfone groups is 1. The van der Waals surface area contributed by atoms with E-state index in [2.05, 4.69) is 0 Å². The van der Waals surface area contributed by atoms with Crippen molar-refractivity contribution in [1.29, 1.82) is 0 Å². The van der Waals surface area contributed by atoms with Crippen LogP contribution in [0.4, 0.5) is 0 Å². The number of amides is 1. The Bertz CT molecular complexity index is 552. The van der Waals surface area contributed by atoms with E-state index in [0.717, 1.165) is 5.56 Å². The zero-order valence-electron chi connectivity index (χ0n) is 13.2. The Labute approximate surface area is 128 Å². The molecule has 0 heterocycles. The minimum absolute atomic E-state index is 0.0662. The first kappa shape index (κ1) is 17.7. The van der Waals surface area contributed by atoms with Crippen LogP contribution < -0.4 is 0 Å². The highest BCUT2D eigenvalue weighted by Crippen LogP contribution is 2.12. The van der Waals surface area contributed by atoms with Gasteiger partial charge in [0.05, 0.1) is 5.75 Å². The topological polar surface area (TPSA) is 54.5 Å². The normalized spacial score (nSPS) is 13.2. The lowest BCUT2D eigenvalue weighted by Crippen LogP contribution is -2.40. The van der Waals surface area contributed by atoms with Gasteiger partial charge in [-0.1, -0.05) is 44.2 Å². The third-order valence-electron chi connectivity index (χ3n) is 3.50. The molecule has 0 saturated heterocycles. The molecule has 1 aromatic rings. The summed E-state index contributed by atoms with van der Waals surface area (Å²) in [6.07, 6.45) is 0.586. The predicted octanol–water partition coefficient (Wildman–Crippen LogP) is 2.49. The van der Waals surface area contributed by atoms with Crippen LogP contribution in [0, 0.1) is 5.92 Å². The average molecular weight is 311 g/mol. The van der Waals surface area contributed by atoms with E-state index in [1.54, 1.807) is 7.05 Å². The van der Waals surface area contributed by atoms with Gasteiger partial charge in [0.15, 0.2) is 9.84 Å². The van der Waals surface area contributed by atoms with Crippen molar-refractivity contribution in [1.82, 2.24) is 4.90 Å². The summed E-state index contributed by atoms with van der Waals surface area (Å²) in [5.74, 6) is 0.0308. The number of nitrogens with zero attached hydrogens (tertiary/aromatic N) is 1. The molecule has 0 saturated carbocycles. The number of carbonyl (C=O) groups excluding carboxylic acids is 1. The van der Waals surface area contributed by atoms with Gasteiger partial charge in [-0.3, -0.25) is 4.79 Å². The average Bonchev–Trinajstić information content (AvgIpc) is 2.44. The largest absolute Gasteiger partial charge is 0.340 e. The van der Waals surface area contributed by atoms with Gasteiger partial charge in [0.2, 0.25) is 5.91 Å². The summed E-state index contributed by atoms with van der Waals surface area (Å²) in [4.78, 5) is 13.8. The van der Waals surface area contributed by atoms with E-state index in [0.29, 0.717) is 18.9 Å². The summed E-state index contributed by atoms with van der Waals surface area (Å²) in [7, 11) is -1.74. The van der Waals surface area contributed by atoms with E-state index in [4.69, 9.17) is 0 Å². The number of hydrogen-bond donors (Lipinski definition) is 0. The van der Waals surface area contributed by atoms with Crippen LogP contribution in [0.3, 0.4) is 0 Å². The van der Waals surface area contributed by atoms with Crippen molar-refractivity contribution < 1.29 is 13.2 Å². The second kappa shape index (κ2) is 7.59. The molecular weight excluding hydrogens is 286 g/mol. The second-order valence-corrected chi connectivity index (χ2v) is 8.31. The van der Waals surface area contributed by atoms with Crippen molar-refractivity contribution in [3.63, 3.8) is 0 Å². The SMILES string of the molecule is CC(C)CCS(=O)(=O)C(C)C(=O)N(C)Cc1ccccc1. The molecule has 4 nitrogen and oxygen atoms in total. The molecule has 1 atom stereocenters. The van der Waals surface area contributed by atoms with Crippen molar-refractivity contribution in [3.05, 3.63) is 35.9 Å². The minimum Gasteiger partial charge on any atom is -0.340 e. The molecule has 0 aliphatic carbocycles. The van der Waals surface area contributed by atoms with Crippen LogP contribution in [0.5, 0.6) is 0 Å². The van der Waals surface area contributed by atoms with E-state index < -0.39 is 15.1 Å².